The fourth-order valence-corrected chi connectivity index (χ4v) is 0.992. The second-order valence-electron chi connectivity index (χ2n) is 3.21. The van der Waals surface area contributed by atoms with Crippen LogP contribution in [0.4, 0.5) is 0 Å². The zero-order valence-electron chi connectivity index (χ0n) is 9.38. The van der Waals surface area contributed by atoms with Gasteiger partial charge in [-0.2, -0.15) is 5.26 Å². The molecule has 94 valence electrons. The van der Waals surface area contributed by atoms with Crippen LogP contribution in [0.3, 0.4) is 0 Å². The van der Waals surface area contributed by atoms with Crippen LogP contribution in [0, 0.1) is 11.3 Å². The van der Waals surface area contributed by atoms with E-state index in [-0.39, 0.29) is 6.61 Å². The summed E-state index contributed by atoms with van der Waals surface area (Å²) in [4.78, 5) is 25.9. The predicted molar refractivity (Wildman–Crippen MR) is 59.9 cm³/mol. The summed E-state index contributed by atoms with van der Waals surface area (Å²) in [6.07, 6.45) is 0. The Labute approximate surface area is 103 Å². The summed E-state index contributed by atoms with van der Waals surface area (Å²) in [7, 11) is 0. The number of hydrogen-bond acceptors (Lipinski definition) is 5. The number of ether oxygens (including phenoxy) is 1. The van der Waals surface area contributed by atoms with Crippen LogP contribution in [-0.2, 0) is 14.4 Å². The van der Waals surface area contributed by atoms with Crippen LogP contribution >= 0.6 is 0 Å². The lowest BCUT2D eigenvalue weighted by Crippen LogP contribution is -2.32. The average Bonchev–Trinajstić information content (AvgIpc) is 2.36. The molecule has 1 aromatic carbocycles. The van der Waals surface area contributed by atoms with E-state index >= 15 is 0 Å². The molecular formula is C11H11N3O4. The Bertz CT molecular complexity index is 464. The Morgan fingerprint density at radius 2 is 1.94 bits per heavy atom. The molecule has 0 radical (unpaired) electrons. The first-order chi connectivity index (χ1) is 8.61. The van der Waals surface area contributed by atoms with Crippen LogP contribution in [0.2, 0.25) is 0 Å². The number of carbonyl (C=O) groups is 2. The second kappa shape index (κ2) is 6.88. The van der Waals surface area contributed by atoms with E-state index in [0.717, 1.165) is 0 Å². The zero-order valence-corrected chi connectivity index (χ0v) is 9.38. The molecule has 1 aromatic rings. The minimum absolute atomic E-state index is 0.273. The summed E-state index contributed by atoms with van der Waals surface area (Å²) in [5.74, 6) is -0.803. The number of rotatable bonds is 6. The number of hydroxylamine groups is 1. The van der Waals surface area contributed by atoms with Crippen LogP contribution in [0.5, 0.6) is 5.75 Å². The summed E-state index contributed by atoms with van der Waals surface area (Å²) >= 11 is 0. The van der Waals surface area contributed by atoms with E-state index in [4.69, 9.17) is 15.7 Å². The molecule has 0 aliphatic rings. The fourth-order valence-electron chi connectivity index (χ4n) is 0.992. The lowest BCUT2D eigenvalue weighted by molar-refractivity contribution is -0.139. The number of primary amides is 1. The van der Waals surface area contributed by atoms with Gasteiger partial charge in [0.25, 0.3) is 5.91 Å². The molecule has 3 N–H and O–H groups in total. The third-order valence-electron chi connectivity index (χ3n) is 1.75. The van der Waals surface area contributed by atoms with Gasteiger partial charge in [0.05, 0.1) is 11.6 Å². The Hall–Kier alpha value is -2.59. The van der Waals surface area contributed by atoms with Crippen molar-refractivity contribution in [3.63, 3.8) is 0 Å². The van der Waals surface area contributed by atoms with Gasteiger partial charge >= 0.3 is 0 Å². The van der Waals surface area contributed by atoms with Crippen LogP contribution in [0.15, 0.2) is 24.3 Å². The molecule has 0 atom stereocenters. The normalized spacial score (nSPS) is 9.28. The highest BCUT2D eigenvalue weighted by atomic mass is 16.7. The maximum Gasteiger partial charge on any atom is 0.281 e. The van der Waals surface area contributed by atoms with Crippen molar-refractivity contribution in [1.82, 2.24) is 5.48 Å². The first kappa shape index (κ1) is 13.5. The predicted octanol–water partition coefficient (Wildman–Crippen LogP) is -0.530. The molecule has 0 saturated carbocycles. The lowest BCUT2D eigenvalue weighted by Gasteiger charge is -2.06. The molecule has 0 spiro atoms. The molecule has 2 amide bonds. The van der Waals surface area contributed by atoms with Gasteiger partial charge in [-0.05, 0) is 24.3 Å². The minimum Gasteiger partial charge on any atom is -0.484 e. The van der Waals surface area contributed by atoms with Crippen molar-refractivity contribution in [1.29, 1.82) is 5.26 Å². The maximum absolute atomic E-state index is 11.2. The Morgan fingerprint density at radius 3 is 2.50 bits per heavy atom. The van der Waals surface area contributed by atoms with Gasteiger partial charge in [0.15, 0.2) is 13.2 Å². The van der Waals surface area contributed by atoms with E-state index in [1.54, 1.807) is 24.3 Å². The molecule has 0 unspecified atom stereocenters. The first-order valence-electron chi connectivity index (χ1n) is 4.93. The van der Waals surface area contributed by atoms with E-state index < -0.39 is 18.4 Å². The zero-order chi connectivity index (χ0) is 13.4. The number of nitrogens with two attached hydrogens (primary N) is 1. The smallest absolute Gasteiger partial charge is 0.281 e. The lowest BCUT2D eigenvalue weighted by atomic mass is 10.2. The monoisotopic (exact) mass is 249 g/mol. The van der Waals surface area contributed by atoms with Crippen molar-refractivity contribution >= 4 is 11.8 Å². The number of hydrogen-bond donors (Lipinski definition) is 2. The number of nitrogens with zero attached hydrogens (tertiary/aromatic N) is 1. The molecule has 7 nitrogen and oxygen atoms in total. The quantitative estimate of drug-likeness (QED) is 0.658. The summed E-state index contributed by atoms with van der Waals surface area (Å²) in [5, 5.41) is 8.58. The van der Waals surface area contributed by atoms with Crippen LogP contribution < -0.4 is 16.0 Å². The van der Waals surface area contributed by atoms with Gasteiger partial charge < -0.3 is 10.5 Å². The highest BCUT2D eigenvalue weighted by Gasteiger charge is 2.03. The molecule has 0 aliphatic heterocycles. The summed E-state index contributed by atoms with van der Waals surface area (Å²) in [6, 6.07) is 8.22. The van der Waals surface area contributed by atoms with Gasteiger partial charge in [0.2, 0.25) is 5.91 Å². The van der Waals surface area contributed by atoms with Crippen LogP contribution in [0.25, 0.3) is 0 Å². The fraction of sp³-hybridized carbons (Fsp3) is 0.182. The van der Waals surface area contributed by atoms with Gasteiger partial charge in [-0.25, -0.2) is 5.48 Å². The summed E-state index contributed by atoms with van der Waals surface area (Å²) in [6.45, 7) is -0.673. The van der Waals surface area contributed by atoms with Crippen molar-refractivity contribution in [2.24, 2.45) is 5.73 Å². The molecular weight excluding hydrogens is 238 g/mol. The molecule has 7 heteroatoms. The van der Waals surface area contributed by atoms with Gasteiger partial charge in [0.1, 0.15) is 5.75 Å². The Morgan fingerprint density at radius 1 is 1.28 bits per heavy atom. The van der Waals surface area contributed by atoms with E-state index in [2.05, 4.69) is 4.84 Å². The number of carbonyl (C=O) groups excluding carboxylic acids is 2. The molecule has 1 rings (SSSR count). The average molecular weight is 249 g/mol. The molecule has 0 heterocycles. The molecule has 0 bridgehead atoms. The second-order valence-corrected chi connectivity index (χ2v) is 3.21. The maximum atomic E-state index is 11.2. The standard InChI is InChI=1S/C11H11N3O4/c12-5-8-1-3-9(4-2-8)17-7-11(16)14-18-6-10(13)15/h1-4H,6-7H2,(H2,13,15)(H,14,16). The van der Waals surface area contributed by atoms with Gasteiger partial charge in [0, 0.05) is 0 Å². The Balaban J connectivity index is 2.29. The number of nitriles is 1. The van der Waals surface area contributed by atoms with Crippen molar-refractivity contribution in [2.45, 2.75) is 0 Å². The van der Waals surface area contributed by atoms with Crippen LogP contribution in [0.1, 0.15) is 5.56 Å². The van der Waals surface area contributed by atoms with Crippen molar-refractivity contribution < 1.29 is 19.2 Å². The SMILES string of the molecule is N#Cc1ccc(OCC(=O)NOCC(N)=O)cc1. The van der Waals surface area contributed by atoms with Gasteiger partial charge in [-0.3, -0.25) is 14.4 Å². The highest BCUT2D eigenvalue weighted by Crippen LogP contribution is 2.10. The molecule has 0 aromatic heterocycles. The van der Waals surface area contributed by atoms with Crippen molar-refractivity contribution in [3.05, 3.63) is 29.8 Å². The molecule has 0 saturated heterocycles. The summed E-state index contributed by atoms with van der Waals surface area (Å²) in [5.41, 5.74) is 7.28. The third kappa shape index (κ3) is 4.96. The number of nitrogens with one attached hydrogen (secondary N) is 1. The van der Waals surface area contributed by atoms with Crippen molar-refractivity contribution in [2.75, 3.05) is 13.2 Å². The number of benzene rings is 1. The van der Waals surface area contributed by atoms with Crippen LogP contribution in [-0.4, -0.2) is 25.0 Å². The topological polar surface area (TPSA) is 114 Å². The van der Waals surface area contributed by atoms with Gasteiger partial charge in [-0.1, -0.05) is 0 Å². The molecule has 0 aliphatic carbocycles. The first-order valence-corrected chi connectivity index (χ1v) is 4.93. The van der Waals surface area contributed by atoms with E-state index in [0.29, 0.717) is 11.3 Å². The number of amides is 2. The van der Waals surface area contributed by atoms with E-state index in [9.17, 15) is 9.59 Å². The van der Waals surface area contributed by atoms with Crippen molar-refractivity contribution in [3.8, 4) is 11.8 Å². The molecule has 0 fully saturated rings. The molecule has 18 heavy (non-hydrogen) atoms. The van der Waals surface area contributed by atoms with Gasteiger partial charge in [-0.15, -0.1) is 0 Å². The highest BCUT2D eigenvalue weighted by molar-refractivity contribution is 5.77. The Kier molecular flexibility index (Phi) is 5.15. The third-order valence-corrected chi connectivity index (χ3v) is 1.75. The largest absolute Gasteiger partial charge is 0.484 e. The summed E-state index contributed by atoms with van der Waals surface area (Å²) < 4.78 is 5.11. The minimum atomic E-state index is -0.691. The van der Waals surface area contributed by atoms with E-state index in [1.807, 2.05) is 11.5 Å². The van der Waals surface area contributed by atoms with E-state index in [1.165, 1.54) is 0 Å².